The normalized spacial score (nSPS) is 13.4. The molecule has 0 spiro atoms. The summed E-state index contributed by atoms with van der Waals surface area (Å²) in [6.45, 7) is 3.46. The van der Waals surface area contributed by atoms with Gasteiger partial charge >= 0.3 is 6.18 Å². The molecule has 0 fully saturated rings. The van der Waals surface area contributed by atoms with E-state index in [0.29, 0.717) is 11.7 Å². The summed E-state index contributed by atoms with van der Waals surface area (Å²) in [4.78, 5) is -0.605. The van der Waals surface area contributed by atoms with Gasteiger partial charge in [0.2, 0.25) is 0 Å². The first-order chi connectivity index (χ1) is 8.71. The van der Waals surface area contributed by atoms with E-state index >= 15 is 0 Å². The highest BCUT2D eigenvalue weighted by atomic mass is 32.1. The monoisotopic (exact) mass is 291 g/mol. The summed E-state index contributed by atoms with van der Waals surface area (Å²) in [7, 11) is 0. The fourth-order valence-corrected chi connectivity index (χ4v) is 1.67. The van der Waals surface area contributed by atoms with Crippen molar-refractivity contribution < 1.29 is 17.9 Å². The minimum absolute atomic E-state index is 0.355. The topological polar surface area (TPSA) is 35.2 Å². The van der Waals surface area contributed by atoms with Crippen molar-refractivity contribution in [1.29, 1.82) is 0 Å². The average molecular weight is 291 g/mol. The van der Waals surface area contributed by atoms with Crippen molar-refractivity contribution in [2.24, 2.45) is 11.7 Å². The summed E-state index contributed by atoms with van der Waals surface area (Å²) < 4.78 is 42.9. The number of nitrogens with two attached hydrogens (primary N) is 1. The van der Waals surface area contributed by atoms with E-state index < -0.39 is 23.7 Å². The van der Waals surface area contributed by atoms with Crippen LogP contribution in [-0.2, 0) is 0 Å². The van der Waals surface area contributed by atoms with Crippen LogP contribution in [0.3, 0.4) is 0 Å². The van der Waals surface area contributed by atoms with Gasteiger partial charge in [-0.2, -0.15) is 13.2 Å². The van der Waals surface area contributed by atoms with E-state index in [-0.39, 0.29) is 0 Å². The molecule has 1 aromatic rings. The number of ether oxygens (including phenoxy) is 1. The van der Waals surface area contributed by atoms with E-state index in [1.54, 1.807) is 12.1 Å². The summed E-state index contributed by atoms with van der Waals surface area (Å²) in [5.41, 5.74) is 6.17. The molecule has 1 atom stereocenters. The second-order valence-electron chi connectivity index (χ2n) is 4.53. The van der Waals surface area contributed by atoms with E-state index in [1.807, 2.05) is 26.0 Å². The van der Waals surface area contributed by atoms with Crippen molar-refractivity contribution in [2.75, 3.05) is 6.61 Å². The SMILES string of the molecule is CC(C)c1ccc(OCC(C(N)=S)C(F)(F)F)cc1. The first-order valence-electron chi connectivity index (χ1n) is 5.80. The van der Waals surface area contributed by atoms with Gasteiger partial charge in [-0.05, 0) is 23.6 Å². The van der Waals surface area contributed by atoms with Gasteiger partial charge in [0.15, 0.2) is 0 Å². The second kappa shape index (κ2) is 6.23. The Balaban J connectivity index is 2.67. The Morgan fingerprint density at radius 3 is 2.16 bits per heavy atom. The number of hydrogen-bond donors (Lipinski definition) is 1. The lowest BCUT2D eigenvalue weighted by Gasteiger charge is -2.19. The van der Waals surface area contributed by atoms with E-state index in [0.717, 1.165) is 5.56 Å². The van der Waals surface area contributed by atoms with Gasteiger partial charge in [-0.3, -0.25) is 0 Å². The van der Waals surface area contributed by atoms with Gasteiger partial charge in [0.25, 0.3) is 0 Å². The third kappa shape index (κ3) is 4.70. The minimum atomic E-state index is -4.48. The zero-order valence-electron chi connectivity index (χ0n) is 10.7. The molecule has 19 heavy (non-hydrogen) atoms. The predicted octanol–water partition coefficient (Wildman–Crippen LogP) is 3.65. The van der Waals surface area contributed by atoms with Crippen molar-refractivity contribution in [3.8, 4) is 5.75 Å². The number of rotatable bonds is 5. The van der Waals surface area contributed by atoms with Gasteiger partial charge in [0, 0.05) is 0 Å². The molecule has 0 radical (unpaired) electrons. The van der Waals surface area contributed by atoms with Crippen LogP contribution in [0.1, 0.15) is 25.3 Å². The van der Waals surface area contributed by atoms with Gasteiger partial charge < -0.3 is 10.5 Å². The number of thiocarbonyl (C=S) groups is 1. The van der Waals surface area contributed by atoms with Crippen LogP contribution in [0, 0.1) is 5.92 Å². The van der Waals surface area contributed by atoms with Crippen LogP contribution in [0.2, 0.25) is 0 Å². The van der Waals surface area contributed by atoms with Crippen molar-refractivity contribution in [3.63, 3.8) is 0 Å². The molecule has 6 heteroatoms. The Hall–Kier alpha value is -1.30. The third-order valence-corrected chi connectivity index (χ3v) is 2.99. The fourth-order valence-electron chi connectivity index (χ4n) is 1.47. The summed E-state index contributed by atoms with van der Waals surface area (Å²) in [6, 6.07) is 6.93. The molecule has 0 amide bonds. The third-order valence-electron chi connectivity index (χ3n) is 2.70. The zero-order valence-corrected chi connectivity index (χ0v) is 11.5. The standard InChI is InChI=1S/C13H16F3NOS/c1-8(2)9-3-5-10(6-4-9)18-7-11(12(17)19)13(14,15)16/h3-6,8,11H,7H2,1-2H3,(H2,17,19). The molecule has 0 saturated heterocycles. The maximum absolute atomic E-state index is 12.6. The van der Waals surface area contributed by atoms with E-state index in [2.05, 4.69) is 12.2 Å². The van der Waals surface area contributed by atoms with E-state index in [9.17, 15) is 13.2 Å². The van der Waals surface area contributed by atoms with Crippen LogP contribution in [0.25, 0.3) is 0 Å². The zero-order chi connectivity index (χ0) is 14.6. The van der Waals surface area contributed by atoms with Crippen molar-refractivity contribution >= 4 is 17.2 Å². The smallest absolute Gasteiger partial charge is 0.401 e. The van der Waals surface area contributed by atoms with Gasteiger partial charge in [-0.1, -0.05) is 38.2 Å². The Morgan fingerprint density at radius 2 is 1.79 bits per heavy atom. The van der Waals surface area contributed by atoms with Crippen LogP contribution in [0.4, 0.5) is 13.2 Å². The molecule has 0 aliphatic rings. The maximum Gasteiger partial charge on any atom is 0.401 e. The first kappa shape index (κ1) is 15.8. The van der Waals surface area contributed by atoms with Crippen molar-refractivity contribution in [2.45, 2.75) is 25.9 Å². The Labute approximate surface area is 115 Å². The Morgan fingerprint density at radius 1 is 1.26 bits per heavy atom. The highest BCUT2D eigenvalue weighted by Crippen LogP contribution is 2.27. The summed E-state index contributed by atoms with van der Waals surface area (Å²) in [6.07, 6.45) is -4.48. The van der Waals surface area contributed by atoms with Crippen molar-refractivity contribution in [1.82, 2.24) is 0 Å². The van der Waals surface area contributed by atoms with Crippen LogP contribution < -0.4 is 10.5 Å². The quantitative estimate of drug-likeness (QED) is 0.841. The minimum Gasteiger partial charge on any atom is -0.493 e. The number of alkyl halides is 3. The lowest BCUT2D eigenvalue weighted by Crippen LogP contribution is -2.38. The van der Waals surface area contributed by atoms with Crippen LogP contribution in [0.5, 0.6) is 5.75 Å². The molecule has 2 nitrogen and oxygen atoms in total. The summed E-state index contributed by atoms with van der Waals surface area (Å²) in [5, 5.41) is 0. The summed E-state index contributed by atoms with van der Waals surface area (Å²) in [5.74, 6) is -1.20. The molecule has 1 aromatic carbocycles. The highest BCUT2D eigenvalue weighted by molar-refractivity contribution is 7.80. The molecule has 0 aromatic heterocycles. The first-order valence-corrected chi connectivity index (χ1v) is 6.21. The number of halogens is 3. The fraction of sp³-hybridized carbons (Fsp3) is 0.462. The largest absolute Gasteiger partial charge is 0.493 e. The van der Waals surface area contributed by atoms with E-state index in [4.69, 9.17) is 10.5 Å². The Bertz CT molecular complexity index is 429. The Kier molecular flexibility index (Phi) is 5.17. The summed E-state index contributed by atoms with van der Waals surface area (Å²) >= 11 is 4.41. The lowest BCUT2D eigenvalue weighted by molar-refractivity contribution is -0.161. The molecular formula is C13H16F3NOS. The number of benzene rings is 1. The lowest BCUT2D eigenvalue weighted by atomic mass is 10.0. The molecular weight excluding hydrogens is 275 g/mol. The van der Waals surface area contributed by atoms with Gasteiger partial charge in [0.1, 0.15) is 18.3 Å². The highest BCUT2D eigenvalue weighted by Gasteiger charge is 2.42. The second-order valence-corrected chi connectivity index (χ2v) is 5.00. The van der Waals surface area contributed by atoms with Crippen LogP contribution >= 0.6 is 12.2 Å². The average Bonchev–Trinajstić information content (AvgIpc) is 2.27. The maximum atomic E-state index is 12.6. The van der Waals surface area contributed by atoms with Crippen molar-refractivity contribution in [3.05, 3.63) is 29.8 Å². The van der Waals surface area contributed by atoms with Gasteiger partial charge in [-0.25, -0.2) is 0 Å². The van der Waals surface area contributed by atoms with Crippen LogP contribution in [-0.4, -0.2) is 17.8 Å². The molecule has 1 unspecified atom stereocenters. The molecule has 106 valence electrons. The number of hydrogen-bond acceptors (Lipinski definition) is 2. The van der Waals surface area contributed by atoms with Crippen LogP contribution in [0.15, 0.2) is 24.3 Å². The molecule has 1 rings (SSSR count). The molecule has 0 heterocycles. The predicted molar refractivity (Wildman–Crippen MR) is 72.4 cm³/mol. The van der Waals surface area contributed by atoms with E-state index in [1.165, 1.54) is 0 Å². The molecule has 0 bridgehead atoms. The molecule has 0 aliphatic heterocycles. The molecule has 0 saturated carbocycles. The molecule has 0 aliphatic carbocycles. The van der Waals surface area contributed by atoms with Gasteiger partial charge in [-0.15, -0.1) is 0 Å². The van der Waals surface area contributed by atoms with Gasteiger partial charge in [0.05, 0.1) is 4.99 Å². The molecule has 2 N–H and O–H groups in total.